The van der Waals surface area contributed by atoms with E-state index in [1.54, 1.807) is 12.3 Å². The summed E-state index contributed by atoms with van der Waals surface area (Å²) in [4.78, 5) is 17.4. The number of halogens is 2. The van der Waals surface area contributed by atoms with Gasteiger partial charge in [0, 0.05) is 61.5 Å². The van der Waals surface area contributed by atoms with Crippen LogP contribution in [0, 0.1) is 11.6 Å². The number of pyridine rings is 2. The molecule has 31 heavy (non-hydrogen) atoms. The second-order valence-electron chi connectivity index (χ2n) is 7.55. The number of hydrogen-bond donors (Lipinski definition) is 1. The Labute approximate surface area is 176 Å². The molecule has 158 valence electrons. The third-order valence-electron chi connectivity index (χ3n) is 5.64. The summed E-state index contributed by atoms with van der Waals surface area (Å²) >= 11 is 0. The van der Waals surface area contributed by atoms with Crippen LogP contribution in [0.5, 0.6) is 5.75 Å². The molecule has 8 heteroatoms. The maximum atomic E-state index is 13.8. The minimum absolute atomic E-state index is 0.108. The van der Waals surface area contributed by atoms with Gasteiger partial charge >= 0.3 is 0 Å². The molecule has 0 bridgehead atoms. The van der Waals surface area contributed by atoms with Crippen LogP contribution in [0.4, 0.5) is 8.78 Å². The lowest BCUT2D eigenvalue weighted by molar-refractivity contribution is 0.298. The van der Waals surface area contributed by atoms with Gasteiger partial charge in [0.25, 0.3) is 5.56 Å². The van der Waals surface area contributed by atoms with Crippen molar-refractivity contribution in [3.05, 3.63) is 87.5 Å². The third kappa shape index (κ3) is 3.48. The van der Waals surface area contributed by atoms with Gasteiger partial charge < -0.3 is 14.6 Å². The fourth-order valence-corrected chi connectivity index (χ4v) is 4.03. The zero-order chi connectivity index (χ0) is 21.5. The Kier molecular flexibility index (Phi) is 4.78. The van der Waals surface area contributed by atoms with Crippen molar-refractivity contribution in [1.82, 2.24) is 19.4 Å². The summed E-state index contributed by atoms with van der Waals surface area (Å²) in [5.41, 5.74) is 3.25. The number of hydrogen-bond acceptors (Lipinski definition) is 4. The standard InChI is InChI=1S/C23H20F2N4O2/c1-28-20-6-8-26-12-18(20)17-4-5-21(27-23(17)28)29-9-7-16(11-22(29)30)31-13-14-2-3-15(24)10-19(14)25/h2-5,7,9-11,26H,6,8,12-13H2,1H3. The maximum absolute atomic E-state index is 13.8. The van der Waals surface area contributed by atoms with Crippen LogP contribution in [0.2, 0.25) is 0 Å². The highest BCUT2D eigenvalue weighted by molar-refractivity contribution is 5.83. The van der Waals surface area contributed by atoms with Gasteiger partial charge in [-0.25, -0.2) is 13.8 Å². The molecule has 4 heterocycles. The third-order valence-corrected chi connectivity index (χ3v) is 5.64. The Morgan fingerprint density at radius 1 is 1.16 bits per heavy atom. The highest BCUT2D eigenvalue weighted by Gasteiger charge is 2.19. The number of ether oxygens (including phenoxy) is 1. The molecular formula is C23H20F2N4O2. The Hall–Kier alpha value is -3.52. The molecule has 6 nitrogen and oxygen atoms in total. The summed E-state index contributed by atoms with van der Waals surface area (Å²) in [5, 5.41) is 4.47. The van der Waals surface area contributed by atoms with Crippen LogP contribution in [0.1, 0.15) is 16.8 Å². The van der Waals surface area contributed by atoms with E-state index in [1.165, 1.54) is 34.0 Å². The normalized spacial score (nSPS) is 13.4. The van der Waals surface area contributed by atoms with Crippen molar-refractivity contribution in [2.75, 3.05) is 6.54 Å². The molecule has 4 aromatic rings. The molecule has 0 aliphatic carbocycles. The van der Waals surface area contributed by atoms with E-state index in [0.29, 0.717) is 11.6 Å². The van der Waals surface area contributed by atoms with Gasteiger partial charge in [-0.2, -0.15) is 0 Å². The first-order chi connectivity index (χ1) is 15.0. The summed E-state index contributed by atoms with van der Waals surface area (Å²) in [6.07, 6.45) is 2.52. The molecular weight excluding hydrogens is 402 g/mol. The number of benzene rings is 1. The summed E-state index contributed by atoms with van der Waals surface area (Å²) in [6.45, 7) is 1.64. The largest absolute Gasteiger partial charge is 0.489 e. The van der Waals surface area contributed by atoms with E-state index in [1.807, 2.05) is 19.2 Å². The van der Waals surface area contributed by atoms with Crippen molar-refractivity contribution in [2.24, 2.45) is 7.05 Å². The predicted octanol–water partition coefficient (Wildman–Crippen LogP) is 3.23. The Morgan fingerprint density at radius 2 is 2.03 bits per heavy atom. The van der Waals surface area contributed by atoms with Crippen molar-refractivity contribution in [1.29, 1.82) is 0 Å². The average molecular weight is 422 g/mol. The summed E-state index contributed by atoms with van der Waals surface area (Å²) in [7, 11) is 2.00. The molecule has 0 atom stereocenters. The minimum Gasteiger partial charge on any atom is -0.489 e. The SMILES string of the molecule is Cn1c2c(c3ccc(-n4ccc(OCc5ccc(F)cc5F)cc4=O)nc31)CNCC2. The zero-order valence-electron chi connectivity index (χ0n) is 16.9. The molecule has 5 rings (SSSR count). The van der Waals surface area contributed by atoms with Crippen LogP contribution >= 0.6 is 0 Å². The van der Waals surface area contributed by atoms with Crippen LogP contribution in [-0.2, 0) is 26.6 Å². The predicted molar refractivity (Wildman–Crippen MR) is 112 cm³/mol. The lowest BCUT2D eigenvalue weighted by atomic mass is 10.1. The smallest absolute Gasteiger partial charge is 0.259 e. The quantitative estimate of drug-likeness (QED) is 0.549. The van der Waals surface area contributed by atoms with E-state index in [9.17, 15) is 13.6 Å². The molecule has 1 aliphatic rings. The first-order valence-corrected chi connectivity index (χ1v) is 9.99. The van der Waals surface area contributed by atoms with Crippen LogP contribution in [0.15, 0.2) is 53.5 Å². The van der Waals surface area contributed by atoms with Gasteiger partial charge in [0.05, 0.1) is 0 Å². The monoisotopic (exact) mass is 422 g/mol. The highest BCUT2D eigenvalue weighted by atomic mass is 19.1. The van der Waals surface area contributed by atoms with Gasteiger partial charge in [-0.3, -0.25) is 9.36 Å². The first-order valence-electron chi connectivity index (χ1n) is 9.99. The number of aryl methyl sites for hydroxylation is 1. The molecule has 1 aliphatic heterocycles. The molecule has 0 saturated heterocycles. The van der Waals surface area contributed by atoms with Crippen molar-refractivity contribution in [3.63, 3.8) is 0 Å². The van der Waals surface area contributed by atoms with E-state index in [2.05, 4.69) is 9.88 Å². The lowest BCUT2D eigenvalue weighted by Gasteiger charge is -2.14. The van der Waals surface area contributed by atoms with Crippen molar-refractivity contribution in [2.45, 2.75) is 19.6 Å². The van der Waals surface area contributed by atoms with Gasteiger partial charge in [-0.05, 0) is 35.9 Å². The molecule has 0 fully saturated rings. The summed E-state index contributed by atoms with van der Waals surface area (Å²) in [5.74, 6) is -0.527. The summed E-state index contributed by atoms with van der Waals surface area (Å²) < 4.78 is 35.8. The summed E-state index contributed by atoms with van der Waals surface area (Å²) in [6, 6.07) is 10.1. The van der Waals surface area contributed by atoms with Gasteiger partial charge in [0.15, 0.2) is 0 Å². The lowest BCUT2D eigenvalue weighted by Crippen LogP contribution is -2.24. The van der Waals surface area contributed by atoms with E-state index in [4.69, 9.17) is 9.72 Å². The molecule has 0 unspecified atom stereocenters. The van der Waals surface area contributed by atoms with E-state index in [0.717, 1.165) is 36.6 Å². The van der Waals surface area contributed by atoms with Crippen LogP contribution in [0.25, 0.3) is 16.9 Å². The Balaban J connectivity index is 1.42. The Bertz CT molecular complexity index is 1360. The van der Waals surface area contributed by atoms with Crippen LogP contribution in [0.3, 0.4) is 0 Å². The van der Waals surface area contributed by atoms with Crippen molar-refractivity contribution >= 4 is 11.0 Å². The van der Waals surface area contributed by atoms with Gasteiger partial charge in [-0.15, -0.1) is 0 Å². The van der Waals surface area contributed by atoms with Gasteiger partial charge in [0.2, 0.25) is 0 Å². The number of fused-ring (bicyclic) bond motifs is 3. The molecule has 0 radical (unpaired) electrons. The number of aromatic nitrogens is 3. The van der Waals surface area contributed by atoms with E-state index >= 15 is 0 Å². The van der Waals surface area contributed by atoms with Crippen LogP contribution < -0.4 is 15.6 Å². The van der Waals surface area contributed by atoms with E-state index < -0.39 is 11.6 Å². The number of nitrogens with one attached hydrogen (secondary N) is 1. The molecule has 1 aromatic carbocycles. The molecule has 0 amide bonds. The number of nitrogens with zero attached hydrogens (tertiary/aromatic N) is 3. The molecule has 3 aromatic heterocycles. The second kappa shape index (κ2) is 7.63. The van der Waals surface area contributed by atoms with E-state index in [-0.39, 0.29) is 17.7 Å². The average Bonchev–Trinajstić information content (AvgIpc) is 3.05. The Morgan fingerprint density at radius 3 is 2.84 bits per heavy atom. The fraction of sp³-hybridized carbons (Fsp3) is 0.217. The highest BCUT2D eigenvalue weighted by Crippen LogP contribution is 2.27. The van der Waals surface area contributed by atoms with Crippen molar-refractivity contribution < 1.29 is 13.5 Å². The minimum atomic E-state index is -0.689. The first kappa shape index (κ1) is 19.4. The topological polar surface area (TPSA) is 61.1 Å². The molecule has 0 saturated carbocycles. The van der Waals surface area contributed by atoms with Crippen LogP contribution in [-0.4, -0.2) is 20.7 Å². The zero-order valence-corrected chi connectivity index (χ0v) is 16.9. The molecule has 1 N–H and O–H groups in total. The second-order valence-corrected chi connectivity index (χ2v) is 7.55. The fourth-order valence-electron chi connectivity index (χ4n) is 4.03. The van der Waals surface area contributed by atoms with Crippen molar-refractivity contribution in [3.8, 4) is 11.6 Å². The van der Waals surface area contributed by atoms with Gasteiger partial charge in [-0.1, -0.05) is 0 Å². The molecule has 0 spiro atoms. The van der Waals surface area contributed by atoms with Gasteiger partial charge in [0.1, 0.15) is 35.5 Å². The number of rotatable bonds is 4. The maximum Gasteiger partial charge on any atom is 0.259 e.